The summed E-state index contributed by atoms with van der Waals surface area (Å²) in [6.45, 7) is 1.67. The van der Waals surface area contributed by atoms with E-state index in [1.54, 1.807) is 17.0 Å². The fourth-order valence-corrected chi connectivity index (χ4v) is 2.86. The first kappa shape index (κ1) is 22.4. The normalized spacial score (nSPS) is 13.6. The van der Waals surface area contributed by atoms with Crippen LogP contribution in [0.2, 0.25) is 0 Å². The van der Waals surface area contributed by atoms with Crippen LogP contribution in [0.3, 0.4) is 0 Å². The zero-order chi connectivity index (χ0) is 23.1. The van der Waals surface area contributed by atoms with Crippen molar-refractivity contribution in [1.29, 1.82) is 0 Å². The molecule has 1 aliphatic heterocycles. The van der Waals surface area contributed by atoms with Gasteiger partial charge in [-0.25, -0.2) is 5.43 Å². The van der Waals surface area contributed by atoms with Crippen molar-refractivity contribution < 1.29 is 29.2 Å². The van der Waals surface area contributed by atoms with Gasteiger partial charge >= 0.3 is 11.8 Å². The lowest BCUT2D eigenvalue weighted by atomic mass is 10.1. The molecule has 12 nitrogen and oxygen atoms in total. The molecule has 0 bridgehead atoms. The molecule has 1 heterocycles. The van der Waals surface area contributed by atoms with Crippen molar-refractivity contribution in [2.45, 2.75) is 0 Å². The highest BCUT2D eigenvalue weighted by atomic mass is 16.6. The number of rotatable bonds is 5. The number of nitrogens with zero attached hydrogens (tertiary/aromatic N) is 3. The van der Waals surface area contributed by atoms with Crippen LogP contribution in [0.15, 0.2) is 47.6 Å². The van der Waals surface area contributed by atoms with Gasteiger partial charge in [0.05, 0.1) is 35.6 Å². The molecule has 2 aromatic carbocycles. The maximum Gasteiger partial charge on any atom is 0.329 e. The summed E-state index contributed by atoms with van der Waals surface area (Å²) in [6, 6.07) is 9.53. The van der Waals surface area contributed by atoms with E-state index in [0.717, 1.165) is 24.4 Å². The minimum absolute atomic E-state index is 0.0265. The lowest BCUT2D eigenvalue weighted by Gasteiger charge is -2.27. The first-order valence-electron chi connectivity index (χ1n) is 9.44. The number of nitro benzene ring substituents is 1. The van der Waals surface area contributed by atoms with Crippen LogP contribution >= 0.6 is 0 Å². The van der Waals surface area contributed by atoms with Crippen LogP contribution in [-0.4, -0.2) is 65.2 Å². The zero-order valence-corrected chi connectivity index (χ0v) is 16.7. The average molecular weight is 441 g/mol. The van der Waals surface area contributed by atoms with Gasteiger partial charge in [-0.2, -0.15) is 5.10 Å². The molecule has 1 aliphatic rings. The Morgan fingerprint density at radius 3 is 2.56 bits per heavy atom. The monoisotopic (exact) mass is 441 g/mol. The number of ether oxygens (including phenoxy) is 1. The Morgan fingerprint density at radius 2 is 1.84 bits per heavy atom. The van der Waals surface area contributed by atoms with E-state index in [1.165, 1.54) is 12.1 Å². The molecular formula is C20H19N5O7. The first-order valence-corrected chi connectivity index (χ1v) is 9.44. The molecule has 1 fully saturated rings. The van der Waals surface area contributed by atoms with Crippen molar-refractivity contribution >= 4 is 35.3 Å². The van der Waals surface area contributed by atoms with Crippen LogP contribution in [0, 0.1) is 10.1 Å². The molecule has 1 saturated heterocycles. The highest BCUT2D eigenvalue weighted by Crippen LogP contribution is 2.21. The molecule has 0 atom stereocenters. The number of morpholine rings is 1. The summed E-state index contributed by atoms with van der Waals surface area (Å²) in [6.07, 6.45) is 0.962. The number of carbonyl (C=O) groups is 3. The highest BCUT2D eigenvalue weighted by Gasteiger charge is 2.23. The molecule has 3 rings (SSSR count). The maximum absolute atomic E-state index is 12.7. The molecule has 3 N–H and O–H groups in total. The number of phenols is 1. The number of amides is 3. The van der Waals surface area contributed by atoms with Gasteiger partial charge in [0.15, 0.2) is 0 Å². The zero-order valence-electron chi connectivity index (χ0n) is 16.7. The van der Waals surface area contributed by atoms with Gasteiger partial charge in [0.2, 0.25) is 0 Å². The summed E-state index contributed by atoms with van der Waals surface area (Å²) < 4.78 is 5.23. The SMILES string of the molecule is O=C(N/N=C\c1cc([N+](=O)[O-])ccc1O)C(=O)Nc1ccccc1C(=O)N1CCOCC1. The number of nitrogens with one attached hydrogen (secondary N) is 2. The maximum atomic E-state index is 12.7. The van der Waals surface area contributed by atoms with Gasteiger partial charge in [-0.3, -0.25) is 24.5 Å². The number of para-hydroxylation sites is 1. The third-order valence-electron chi connectivity index (χ3n) is 4.50. The molecule has 2 aromatic rings. The second-order valence-electron chi connectivity index (χ2n) is 6.60. The molecular weight excluding hydrogens is 422 g/mol. The largest absolute Gasteiger partial charge is 0.507 e. The van der Waals surface area contributed by atoms with E-state index in [9.17, 15) is 29.6 Å². The van der Waals surface area contributed by atoms with Gasteiger partial charge in [-0.1, -0.05) is 12.1 Å². The van der Waals surface area contributed by atoms with Gasteiger partial charge < -0.3 is 20.1 Å². The van der Waals surface area contributed by atoms with Crippen molar-refractivity contribution in [2.75, 3.05) is 31.6 Å². The second kappa shape index (κ2) is 10.1. The van der Waals surface area contributed by atoms with E-state index in [4.69, 9.17) is 4.74 Å². The minimum atomic E-state index is -1.14. The van der Waals surface area contributed by atoms with Gasteiger partial charge in [0, 0.05) is 30.8 Å². The molecule has 0 radical (unpaired) electrons. The van der Waals surface area contributed by atoms with Crippen molar-refractivity contribution in [3.63, 3.8) is 0 Å². The standard InChI is InChI=1S/C20H19N5O7/c26-17-6-5-14(25(30)31)11-13(17)12-21-23-19(28)18(27)22-16-4-2-1-3-15(16)20(29)24-7-9-32-10-8-24/h1-6,11-12,26H,7-10H2,(H,22,27)(H,23,28)/b21-12-. The Hall–Kier alpha value is -4.32. The average Bonchev–Trinajstić information content (AvgIpc) is 2.80. The predicted molar refractivity (Wildman–Crippen MR) is 112 cm³/mol. The first-order chi connectivity index (χ1) is 15.4. The van der Waals surface area contributed by atoms with Gasteiger partial charge in [0.1, 0.15) is 5.75 Å². The molecule has 0 aliphatic carbocycles. The van der Waals surface area contributed by atoms with Crippen LogP contribution in [-0.2, 0) is 14.3 Å². The lowest BCUT2D eigenvalue weighted by molar-refractivity contribution is -0.384. The summed E-state index contributed by atoms with van der Waals surface area (Å²) in [5.74, 6) is -2.81. The number of benzene rings is 2. The number of anilines is 1. The molecule has 32 heavy (non-hydrogen) atoms. The Bertz CT molecular complexity index is 1080. The Balaban J connectivity index is 1.65. The molecule has 3 amide bonds. The van der Waals surface area contributed by atoms with E-state index in [1.807, 2.05) is 5.43 Å². The Kier molecular flexibility index (Phi) is 7.08. The molecule has 0 spiro atoms. The van der Waals surface area contributed by atoms with Gasteiger partial charge in [-0.05, 0) is 18.2 Å². The van der Waals surface area contributed by atoms with Gasteiger partial charge in [0.25, 0.3) is 11.6 Å². The molecule has 0 aromatic heterocycles. The molecule has 166 valence electrons. The van der Waals surface area contributed by atoms with E-state index in [-0.39, 0.29) is 34.2 Å². The number of hydrogen-bond acceptors (Lipinski definition) is 8. The third-order valence-corrected chi connectivity index (χ3v) is 4.50. The number of non-ortho nitro benzene ring substituents is 1. The van der Waals surface area contributed by atoms with Crippen molar-refractivity contribution in [3.8, 4) is 5.75 Å². The summed E-state index contributed by atoms with van der Waals surface area (Å²) in [7, 11) is 0. The van der Waals surface area contributed by atoms with Crippen LogP contribution < -0.4 is 10.7 Å². The van der Waals surface area contributed by atoms with Crippen LogP contribution in [0.1, 0.15) is 15.9 Å². The number of carbonyl (C=O) groups excluding carboxylic acids is 3. The van der Waals surface area contributed by atoms with Crippen molar-refractivity contribution in [3.05, 3.63) is 63.7 Å². The van der Waals surface area contributed by atoms with Crippen LogP contribution in [0.5, 0.6) is 5.75 Å². The number of phenolic OH excluding ortho intramolecular Hbond substituents is 1. The minimum Gasteiger partial charge on any atom is -0.507 e. The van der Waals surface area contributed by atoms with Crippen LogP contribution in [0.25, 0.3) is 0 Å². The fourth-order valence-electron chi connectivity index (χ4n) is 2.86. The van der Waals surface area contributed by atoms with Crippen molar-refractivity contribution in [1.82, 2.24) is 10.3 Å². The summed E-state index contributed by atoms with van der Waals surface area (Å²) >= 11 is 0. The Labute approximate surface area is 181 Å². The van der Waals surface area contributed by atoms with E-state index in [2.05, 4.69) is 10.4 Å². The summed E-state index contributed by atoms with van der Waals surface area (Å²) in [4.78, 5) is 48.8. The van der Waals surface area contributed by atoms with E-state index in [0.29, 0.717) is 26.3 Å². The highest BCUT2D eigenvalue weighted by molar-refractivity contribution is 6.40. The van der Waals surface area contributed by atoms with E-state index < -0.39 is 16.7 Å². The smallest absolute Gasteiger partial charge is 0.329 e. The number of nitro groups is 1. The van der Waals surface area contributed by atoms with E-state index >= 15 is 0 Å². The summed E-state index contributed by atoms with van der Waals surface area (Å²) in [5.41, 5.74) is 2.04. The summed E-state index contributed by atoms with van der Waals surface area (Å²) in [5, 5.41) is 26.4. The number of aromatic hydroxyl groups is 1. The predicted octanol–water partition coefficient (Wildman–Crippen LogP) is 0.862. The molecule has 12 heteroatoms. The molecule has 0 saturated carbocycles. The number of hydrogen-bond donors (Lipinski definition) is 3. The quantitative estimate of drug-likeness (QED) is 0.268. The Morgan fingerprint density at radius 1 is 1.12 bits per heavy atom. The lowest BCUT2D eigenvalue weighted by Crippen LogP contribution is -2.41. The van der Waals surface area contributed by atoms with Crippen molar-refractivity contribution in [2.24, 2.45) is 5.10 Å². The van der Waals surface area contributed by atoms with Gasteiger partial charge in [-0.15, -0.1) is 0 Å². The number of hydrazone groups is 1. The fraction of sp³-hybridized carbons (Fsp3) is 0.200. The molecule has 0 unspecified atom stereocenters. The van der Waals surface area contributed by atoms with Crippen LogP contribution in [0.4, 0.5) is 11.4 Å². The topological polar surface area (TPSA) is 163 Å². The third kappa shape index (κ3) is 5.43. The second-order valence-corrected chi connectivity index (χ2v) is 6.60.